The van der Waals surface area contributed by atoms with Crippen LogP contribution >= 0.6 is 0 Å². The van der Waals surface area contributed by atoms with Gasteiger partial charge >= 0.3 is 0 Å². The Labute approximate surface area is 167 Å². The Hall–Kier alpha value is -1.50. The maximum absolute atomic E-state index is 13.6. The number of unbranched alkanes of at least 4 members (excludes halogenated alkanes) is 2. The molecule has 1 aromatic rings. The van der Waals surface area contributed by atoms with Crippen molar-refractivity contribution in [3.63, 3.8) is 0 Å². The van der Waals surface area contributed by atoms with E-state index in [1.54, 1.807) is 0 Å². The van der Waals surface area contributed by atoms with Crippen molar-refractivity contribution in [3.05, 3.63) is 29.3 Å². The van der Waals surface area contributed by atoms with Gasteiger partial charge in [0, 0.05) is 5.92 Å². The summed E-state index contributed by atoms with van der Waals surface area (Å²) in [5, 5.41) is 0. The molecule has 1 aromatic heterocycles. The van der Waals surface area contributed by atoms with Gasteiger partial charge in [-0.1, -0.05) is 57.3 Å². The SMILES string of the molecule is CCCCC[C@H]1CC[C@H](C2CCC(C#Cc3cc(F)c(F)nc3F)CC2)CC1. The summed E-state index contributed by atoms with van der Waals surface area (Å²) in [6.45, 7) is 2.27. The van der Waals surface area contributed by atoms with Gasteiger partial charge in [-0.15, -0.1) is 0 Å². The lowest BCUT2D eigenvalue weighted by Gasteiger charge is -2.37. The molecule has 1 heterocycles. The summed E-state index contributed by atoms with van der Waals surface area (Å²) in [5.74, 6) is 4.98. The second-order valence-corrected chi connectivity index (χ2v) is 8.76. The molecule has 0 spiro atoms. The van der Waals surface area contributed by atoms with Gasteiger partial charge < -0.3 is 0 Å². The summed E-state index contributed by atoms with van der Waals surface area (Å²) >= 11 is 0. The normalized spacial score (nSPS) is 27.9. The second kappa shape index (κ2) is 10.3. The van der Waals surface area contributed by atoms with Crippen molar-refractivity contribution in [3.8, 4) is 11.8 Å². The number of rotatable bonds is 5. The predicted molar refractivity (Wildman–Crippen MR) is 106 cm³/mol. The summed E-state index contributed by atoms with van der Waals surface area (Å²) in [5.41, 5.74) is -0.151. The topological polar surface area (TPSA) is 12.9 Å². The largest absolute Gasteiger partial charge is 0.251 e. The Balaban J connectivity index is 1.44. The first-order valence-corrected chi connectivity index (χ1v) is 11.1. The molecule has 3 rings (SSSR count). The summed E-state index contributed by atoms with van der Waals surface area (Å²) < 4.78 is 39.7. The molecule has 154 valence electrons. The molecule has 28 heavy (non-hydrogen) atoms. The lowest BCUT2D eigenvalue weighted by Crippen LogP contribution is -2.25. The predicted octanol–water partition coefficient (Wildman–Crippen LogP) is 7.04. The third-order valence-electron chi connectivity index (χ3n) is 6.84. The fourth-order valence-corrected chi connectivity index (χ4v) is 5.08. The molecule has 0 saturated heterocycles. The van der Waals surface area contributed by atoms with Crippen LogP contribution in [0.3, 0.4) is 0 Å². The average molecular weight is 392 g/mol. The van der Waals surface area contributed by atoms with Crippen LogP contribution in [-0.4, -0.2) is 4.98 Å². The zero-order valence-corrected chi connectivity index (χ0v) is 17.0. The summed E-state index contributed by atoms with van der Waals surface area (Å²) in [6, 6.07) is 0.801. The standard InChI is InChI=1S/C24H32F3N/c1-2-3-4-5-17-6-11-19(12-7-17)20-13-8-18(9-14-20)10-15-21-16-22(25)24(27)28-23(21)26/h16-20H,2-9,11-14H2,1H3/t17-,18?,19-,20?. The van der Waals surface area contributed by atoms with Crippen LogP contribution in [0, 0.1) is 53.2 Å². The number of halogens is 3. The summed E-state index contributed by atoms with van der Waals surface area (Å²) in [6.07, 6.45) is 15.4. The fraction of sp³-hybridized carbons (Fsp3) is 0.708. The van der Waals surface area contributed by atoms with Crippen LogP contribution in [-0.2, 0) is 0 Å². The molecule has 2 aliphatic carbocycles. The summed E-state index contributed by atoms with van der Waals surface area (Å²) in [7, 11) is 0. The summed E-state index contributed by atoms with van der Waals surface area (Å²) in [4.78, 5) is 2.93. The highest BCUT2D eigenvalue weighted by molar-refractivity contribution is 5.33. The van der Waals surface area contributed by atoms with Crippen molar-refractivity contribution in [1.82, 2.24) is 4.98 Å². The van der Waals surface area contributed by atoms with E-state index in [9.17, 15) is 13.2 Å². The highest BCUT2D eigenvalue weighted by Gasteiger charge is 2.30. The van der Waals surface area contributed by atoms with Crippen molar-refractivity contribution in [2.45, 2.75) is 84.0 Å². The Morgan fingerprint density at radius 1 is 0.893 bits per heavy atom. The van der Waals surface area contributed by atoms with Crippen molar-refractivity contribution < 1.29 is 13.2 Å². The van der Waals surface area contributed by atoms with E-state index in [2.05, 4.69) is 23.7 Å². The molecular weight excluding hydrogens is 359 g/mol. The smallest absolute Gasteiger partial charge is 0.202 e. The second-order valence-electron chi connectivity index (χ2n) is 8.76. The third kappa shape index (κ3) is 5.75. The Bertz CT molecular complexity index is 690. The molecular formula is C24H32F3N. The van der Waals surface area contributed by atoms with Crippen molar-refractivity contribution in [2.24, 2.45) is 23.7 Å². The molecule has 0 N–H and O–H groups in total. The third-order valence-corrected chi connectivity index (χ3v) is 6.84. The van der Waals surface area contributed by atoms with Gasteiger partial charge in [0.1, 0.15) is 0 Å². The highest BCUT2D eigenvalue weighted by atomic mass is 19.2. The first-order chi connectivity index (χ1) is 13.6. The average Bonchev–Trinajstić information content (AvgIpc) is 2.71. The molecule has 0 unspecified atom stereocenters. The lowest BCUT2D eigenvalue weighted by molar-refractivity contribution is 0.153. The fourth-order valence-electron chi connectivity index (χ4n) is 5.08. The van der Waals surface area contributed by atoms with E-state index in [0.717, 1.165) is 36.7 Å². The Kier molecular flexibility index (Phi) is 7.82. The van der Waals surface area contributed by atoms with Crippen LogP contribution in [0.25, 0.3) is 0 Å². The lowest BCUT2D eigenvalue weighted by atomic mass is 9.69. The van der Waals surface area contributed by atoms with Crippen LogP contribution in [0.2, 0.25) is 0 Å². The van der Waals surface area contributed by atoms with E-state index in [4.69, 9.17) is 0 Å². The van der Waals surface area contributed by atoms with E-state index >= 15 is 0 Å². The van der Waals surface area contributed by atoms with Gasteiger partial charge in [0.15, 0.2) is 5.82 Å². The number of hydrogen-bond acceptors (Lipinski definition) is 1. The molecule has 1 nitrogen and oxygen atoms in total. The minimum absolute atomic E-state index is 0.151. The minimum Gasteiger partial charge on any atom is -0.202 e. The molecule has 0 aromatic carbocycles. The van der Waals surface area contributed by atoms with Gasteiger partial charge in [-0.25, -0.2) is 4.39 Å². The van der Waals surface area contributed by atoms with Crippen LogP contribution < -0.4 is 0 Å². The van der Waals surface area contributed by atoms with E-state index in [1.807, 2.05) is 0 Å². The molecule has 2 fully saturated rings. The monoisotopic (exact) mass is 391 g/mol. The first kappa shape index (κ1) is 21.2. The molecule has 0 aliphatic heterocycles. The van der Waals surface area contributed by atoms with Crippen LogP contribution in [0.4, 0.5) is 13.2 Å². The first-order valence-electron chi connectivity index (χ1n) is 11.1. The van der Waals surface area contributed by atoms with E-state index in [0.29, 0.717) is 0 Å². The van der Waals surface area contributed by atoms with Crippen molar-refractivity contribution in [1.29, 1.82) is 0 Å². The molecule has 2 saturated carbocycles. The Morgan fingerprint density at radius 2 is 1.54 bits per heavy atom. The van der Waals surface area contributed by atoms with Crippen molar-refractivity contribution in [2.75, 3.05) is 0 Å². The number of hydrogen-bond donors (Lipinski definition) is 0. The quantitative estimate of drug-likeness (QED) is 0.298. The van der Waals surface area contributed by atoms with Crippen LogP contribution in [0.1, 0.15) is 89.5 Å². The molecule has 0 atom stereocenters. The molecule has 4 heteroatoms. The zero-order chi connectivity index (χ0) is 19.9. The number of nitrogens with zero attached hydrogens (tertiary/aromatic N) is 1. The van der Waals surface area contributed by atoms with Gasteiger partial charge in [-0.2, -0.15) is 13.8 Å². The highest BCUT2D eigenvalue weighted by Crippen LogP contribution is 2.42. The minimum atomic E-state index is -1.41. The van der Waals surface area contributed by atoms with Gasteiger partial charge in [-0.05, 0) is 62.3 Å². The number of aromatic nitrogens is 1. The number of pyridine rings is 1. The van der Waals surface area contributed by atoms with E-state index in [1.165, 1.54) is 64.2 Å². The van der Waals surface area contributed by atoms with Crippen LogP contribution in [0.15, 0.2) is 6.07 Å². The van der Waals surface area contributed by atoms with Gasteiger partial charge in [0.25, 0.3) is 5.95 Å². The van der Waals surface area contributed by atoms with Crippen molar-refractivity contribution >= 4 is 0 Å². The van der Waals surface area contributed by atoms with Gasteiger partial charge in [-0.3, -0.25) is 0 Å². The molecule has 0 radical (unpaired) electrons. The maximum Gasteiger partial charge on any atom is 0.251 e. The van der Waals surface area contributed by atoms with Gasteiger partial charge in [0.2, 0.25) is 5.95 Å². The molecule has 0 amide bonds. The maximum atomic E-state index is 13.6. The van der Waals surface area contributed by atoms with Crippen LogP contribution in [0.5, 0.6) is 0 Å². The Morgan fingerprint density at radius 3 is 2.18 bits per heavy atom. The molecule has 2 aliphatic rings. The molecule has 0 bridgehead atoms. The van der Waals surface area contributed by atoms with E-state index < -0.39 is 17.7 Å². The van der Waals surface area contributed by atoms with Gasteiger partial charge in [0.05, 0.1) is 5.56 Å². The van der Waals surface area contributed by atoms with E-state index in [-0.39, 0.29) is 11.5 Å². The zero-order valence-electron chi connectivity index (χ0n) is 17.0.